The molecule has 6 heteroatoms. The number of hydrogen-bond acceptors (Lipinski definition) is 5. The molecule has 14 heavy (non-hydrogen) atoms. The number of imidazole rings is 1. The molecule has 0 aliphatic carbocycles. The Morgan fingerprint density at radius 1 is 1.36 bits per heavy atom. The van der Waals surface area contributed by atoms with Gasteiger partial charge in [-0.2, -0.15) is 0 Å². The Morgan fingerprint density at radius 2 is 2.14 bits per heavy atom. The molecule has 6 nitrogen and oxygen atoms in total. The van der Waals surface area contributed by atoms with Crippen molar-refractivity contribution in [2.75, 3.05) is 6.61 Å². The maximum Gasteiger partial charge on any atom is 0.164 e. The molecule has 0 radical (unpaired) electrons. The maximum absolute atomic E-state index is 9.60. The van der Waals surface area contributed by atoms with E-state index in [1.165, 1.54) is 6.33 Å². The van der Waals surface area contributed by atoms with Gasteiger partial charge in [-0.1, -0.05) is 0 Å². The van der Waals surface area contributed by atoms with Crippen LogP contribution in [0, 0.1) is 0 Å². The van der Waals surface area contributed by atoms with E-state index in [-0.39, 0.29) is 6.61 Å². The van der Waals surface area contributed by atoms with Gasteiger partial charge in [0, 0.05) is 12.4 Å². The molecule has 0 saturated carbocycles. The molecule has 0 amide bonds. The van der Waals surface area contributed by atoms with E-state index in [2.05, 4.69) is 4.98 Å². The molecule has 1 aromatic heterocycles. The normalized spacial score (nSPS) is 37.6. The summed E-state index contributed by atoms with van der Waals surface area (Å²) in [6.07, 6.45) is 1.14. The van der Waals surface area contributed by atoms with Crippen molar-refractivity contribution in [2.24, 2.45) is 0 Å². The van der Waals surface area contributed by atoms with Gasteiger partial charge in [0.05, 0.1) is 12.9 Å². The van der Waals surface area contributed by atoms with Gasteiger partial charge in [-0.25, -0.2) is 4.98 Å². The van der Waals surface area contributed by atoms with E-state index in [1.807, 2.05) is 0 Å². The second kappa shape index (κ2) is 3.66. The highest BCUT2D eigenvalue weighted by Gasteiger charge is 2.42. The number of hydrogen-bond donors (Lipinski definition) is 3. The van der Waals surface area contributed by atoms with E-state index < -0.39 is 24.5 Å². The number of aliphatic hydroxyl groups is 3. The van der Waals surface area contributed by atoms with Crippen LogP contribution < -0.4 is 0 Å². The highest BCUT2D eigenvalue weighted by molar-refractivity contribution is 4.91. The standard InChI is InChI=1S/C8H12N2O4/c11-3-5-6(12)7(13)8(14-5)10-2-1-9-4-10/h1-2,4-8,11-13H,3H2/t5-,6-,7-,8-/m1/s1. The van der Waals surface area contributed by atoms with Crippen molar-refractivity contribution in [2.45, 2.75) is 24.5 Å². The SMILES string of the molecule is OC[C@H]1O[C@@H](n2ccnc2)[C@H](O)[C@@H]1O. The topological polar surface area (TPSA) is 87.7 Å². The highest BCUT2D eigenvalue weighted by atomic mass is 16.6. The van der Waals surface area contributed by atoms with Gasteiger partial charge in [0.25, 0.3) is 0 Å². The number of rotatable bonds is 2. The molecule has 0 bridgehead atoms. The van der Waals surface area contributed by atoms with Gasteiger partial charge >= 0.3 is 0 Å². The van der Waals surface area contributed by atoms with E-state index >= 15 is 0 Å². The van der Waals surface area contributed by atoms with Crippen LogP contribution in [-0.2, 0) is 4.74 Å². The predicted molar refractivity (Wildman–Crippen MR) is 45.2 cm³/mol. The molecular weight excluding hydrogens is 188 g/mol. The van der Waals surface area contributed by atoms with Crippen LogP contribution in [0.1, 0.15) is 6.23 Å². The van der Waals surface area contributed by atoms with Crippen LogP contribution >= 0.6 is 0 Å². The van der Waals surface area contributed by atoms with Crippen molar-refractivity contribution in [1.29, 1.82) is 0 Å². The van der Waals surface area contributed by atoms with Crippen LogP contribution in [0.25, 0.3) is 0 Å². The second-order valence-corrected chi connectivity index (χ2v) is 3.24. The van der Waals surface area contributed by atoms with Gasteiger partial charge < -0.3 is 24.6 Å². The zero-order valence-corrected chi connectivity index (χ0v) is 7.39. The maximum atomic E-state index is 9.60. The van der Waals surface area contributed by atoms with E-state index in [1.54, 1.807) is 17.0 Å². The molecule has 4 atom stereocenters. The Bertz CT molecular complexity index is 290. The largest absolute Gasteiger partial charge is 0.394 e. The summed E-state index contributed by atoms with van der Waals surface area (Å²) in [7, 11) is 0. The third kappa shape index (κ3) is 1.42. The molecule has 0 unspecified atom stereocenters. The van der Waals surface area contributed by atoms with Crippen LogP contribution in [0.5, 0.6) is 0 Å². The summed E-state index contributed by atoms with van der Waals surface area (Å²) in [6.45, 7) is -0.316. The molecule has 0 spiro atoms. The van der Waals surface area contributed by atoms with Gasteiger partial charge in [0.15, 0.2) is 6.23 Å². The molecule has 1 aliphatic rings. The van der Waals surface area contributed by atoms with Gasteiger partial charge in [-0.05, 0) is 0 Å². The van der Waals surface area contributed by atoms with Gasteiger partial charge in [0.2, 0.25) is 0 Å². The lowest BCUT2D eigenvalue weighted by Gasteiger charge is -2.15. The van der Waals surface area contributed by atoms with E-state index in [0.717, 1.165) is 0 Å². The molecule has 78 valence electrons. The van der Waals surface area contributed by atoms with Crippen LogP contribution in [0.4, 0.5) is 0 Å². The fourth-order valence-corrected chi connectivity index (χ4v) is 1.55. The highest BCUT2D eigenvalue weighted by Crippen LogP contribution is 2.28. The van der Waals surface area contributed by atoms with Crippen molar-refractivity contribution in [1.82, 2.24) is 9.55 Å². The number of ether oxygens (including phenoxy) is 1. The molecule has 0 aromatic carbocycles. The van der Waals surface area contributed by atoms with Crippen molar-refractivity contribution < 1.29 is 20.1 Å². The zero-order chi connectivity index (χ0) is 10.1. The minimum Gasteiger partial charge on any atom is -0.394 e. The van der Waals surface area contributed by atoms with Crippen LogP contribution in [-0.4, -0.2) is 49.8 Å². The van der Waals surface area contributed by atoms with Crippen LogP contribution in [0.15, 0.2) is 18.7 Å². The fraction of sp³-hybridized carbons (Fsp3) is 0.625. The summed E-state index contributed by atoms with van der Waals surface area (Å²) in [5.41, 5.74) is 0. The Kier molecular flexibility index (Phi) is 2.51. The van der Waals surface area contributed by atoms with E-state index in [4.69, 9.17) is 9.84 Å². The van der Waals surface area contributed by atoms with Gasteiger partial charge in [-0.15, -0.1) is 0 Å². The number of nitrogens with zero attached hydrogens (tertiary/aromatic N) is 2. The first-order valence-electron chi connectivity index (χ1n) is 4.34. The summed E-state index contributed by atoms with van der Waals surface area (Å²) in [5, 5.41) is 27.9. The number of aliphatic hydroxyl groups excluding tert-OH is 3. The fourth-order valence-electron chi connectivity index (χ4n) is 1.55. The molecule has 1 aliphatic heterocycles. The quantitative estimate of drug-likeness (QED) is 0.540. The molecule has 1 saturated heterocycles. The smallest absolute Gasteiger partial charge is 0.164 e. The Morgan fingerprint density at radius 3 is 2.64 bits per heavy atom. The van der Waals surface area contributed by atoms with Crippen molar-refractivity contribution >= 4 is 0 Å². The zero-order valence-electron chi connectivity index (χ0n) is 7.39. The van der Waals surface area contributed by atoms with Crippen molar-refractivity contribution in [3.05, 3.63) is 18.7 Å². The first-order chi connectivity index (χ1) is 6.74. The monoisotopic (exact) mass is 200 g/mol. The molecule has 1 fully saturated rings. The lowest BCUT2D eigenvalue weighted by Crippen LogP contribution is -2.33. The Hall–Kier alpha value is -0.950. The second-order valence-electron chi connectivity index (χ2n) is 3.24. The summed E-state index contributed by atoms with van der Waals surface area (Å²) in [5.74, 6) is 0. The summed E-state index contributed by atoms with van der Waals surface area (Å²) in [4.78, 5) is 3.80. The predicted octanol–water partition coefficient (Wildman–Crippen LogP) is -1.51. The molecule has 2 rings (SSSR count). The van der Waals surface area contributed by atoms with E-state index in [9.17, 15) is 10.2 Å². The average Bonchev–Trinajstić information content (AvgIpc) is 2.78. The molecule has 1 aromatic rings. The number of aromatic nitrogens is 2. The molecule has 2 heterocycles. The van der Waals surface area contributed by atoms with Crippen LogP contribution in [0.3, 0.4) is 0 Å². The first-order valence-corrected chi connectivity index (χ1v) is 4.34. The Balaban J connectivity index is 2.16. The average molecular weight is 200 g/mol. The lowest BCUT2D eigenvalue weighted by molar-refractivity contribution is -0.0528. The molecular formula is C8H12N2O4. The molecule has 3 N–H and O–H groups in total. The van der Waals surface area contributed by atoms with Crippen LogP contribution in [0.2, 0.25) is 0 Å². The Labute approximate surface area is 80.4 Å². The minimum absolute atomic E-state index is 0.316. The van der Waals surface area contributed by atoms with Gasteiger partial charge in [0.1, 0.15) is 18.3 Å². The lowest BCUT2D eigenvalue weighted by atomic mass is 10.1. The summed E-state index contributed by atoms with van der Waals surface area (Å²) < 4.78 is 6.80. The third-order valence-corrected chi connectivity index (χ3v) is 2.34. The van der Waals surface area contributed by atoms with Crippen molar-refractivity contribution in [3.8, 4) is 0 Å². The van der Waals surface area contributed by atoms with E-state index in [0.29, 0.717) is 0 Å². The summed E-state index contributed by atoms with van der Waals surface area (Å²) in [6, 6.07) is 0. The minimum atomic E-state index is -1.06. The van der Waals surface area contributed by atoms with Crippen molar-refractivity contribution in [3.63, 3.8) is 0 Å². The summed E-state index contributed by atoms with van der Waals surface area (Å²) >= 11 is 0. The third-order valence-electron chi connectivity index (χ3n) is 2.34. The van der Waals surface area contributed by atoms with Gasteiger partial charge in [-0.3, -0.25) is 0 Å². The first kappa shape index (κ1) is 9.60.